The quantitative estimate of drug-likeness (QED) is 0.875. The van der Waals surface area contributed by atoms with Crippen LogP contribution in [0.2, 0.25) is 0 Å². The Labute approximate surface area is 114 Å². The second-order valence-electron chi connectivity index (χ2n) is 4.00. The van der Waals surface area contributed by atoms with Crippen molar-refractivity contribution in [2.24, 2.45) is 0 Å². The van der Waals surface area contributed by atoms with Gasteiger partial charge in [0.05, 0.1) is 7.11 Å². The van der Waals surface area contributed by atoms with E-state index in [-0.39, 0.29) is 11.5 Å². The number of aromatic nitrogens is 1. The maximum absolute atomic E-state index is 13.4. The van der Waals surface area contributed by atoms with E-state index < -0.39 is 5.97 Å². The summed E-state index contributed by atoms with van der Waals surface area (Å²) in [5.74, 6) is -0.761. The molecular formula is C13H13FN2O2S. The zero-order valence-corrected chi connectivity index (χ0v) is 11.6. The summed E-state index contributed by atoms with van der Waals surface area (Å²) >= 11 is 1.32. The Kier molecular flexibility index (Phi) is 3.80. The number of nitrogens with zero attached hydrogens (tertiary/aromatic N) is 1. The lowest BCUT2D eigenvalue weighted by Crippen LogP contribution is -2.03. The summed E-state index contributed by atoms with van der Waals surface area (Å²) in [5.41, 5.74) is 1.45. The first-order valence-corrected chi connectivity index (χ1v) is 6.42. The number of rotatable bonds is 3. The van der Waals surface area contributed by atoms with E-state index in [2.05, 4.69) is 15.0 Å². The lowest BCUT2D eigenvalue weighted by molar-refractivity contribution is 0.0594. The molecule has 2 aromatic rings. The van der Waals surface area contributed by atoms with Gasteiger partial charge in [-0.1, -0.05) is 6.07 Å². The molecule has 0 atom stereocenters. The zero-order valence-electron chi connectivity index (χ0n) is 10.8. The number of anilines is 2. The molecule has 100 valence electrons. The van der Waals surface area contributed by atoms with Crippen LogP contribution in [0.5, 0.6) is 0 Å². The number of hydrogen-bond acceptors (Lipinski definition) is 5. The third-order valence-corrected chi connectivity index (χ3v) is 3.48. The third-order valence-electron chi connectivity index (χ3n) is 2.60. The summed E-state index contributed by atoms with van der Waals surface area (Å²) in [6.07, 6.45) is 0. The van der Waals surface area contributed by atoms with Crippen LogP contribution in [-0.4, -0.2) is 18.1 Å². The highest BCUT2D eigenvalue weighted by Crippen LogP contribution is 2.26. The summed E-state index contributed by atoms with van der Waals surface area (Å²) in [7, 11) is 1.31. The normalized spacial score (nSPS) is 10.3. The monoisotopic (exact) mass is 280 g/mol. The van der Waals surface area contributed by atoms with Crippen LogP contribution in [0.25, 0.3) is 0 Å². The molecule has 0 aliphatic rings. The van der Waals surface area contributed by atoms with Crippen molar-refractivity contribution in [3.05, 3.63) is 40.2 Å². The number of hydrogen-bond donors (Lipinski definition) is 1. The van der Waals surface area contributed by atoms with Gasteiger partial charge in [0, 0.05) is 10.6 Å². The number of aryl methyl sites for hydroxylation is 2. The summed E-state index contributed by atoms with van der Waals surface area (Å²) in [5, 5.41) is 3.50. The van der Waals surface area contributed by atoms with Gasteiger partial charge >= 0.3 is 5.97 Å². The van der Waals surface area contributed by atoms with Gasteiger partial charge in [0.2, 0.25) is 0 Å². The van der Waals surface area contributed by atoms with Gasteiger partial charge in [-0.2, -0.15) is 0 Å². The van der Waals surface area contributed by atoms with Gasteiger partial charge in [0.25, 0.3) is 0 Å². The highest BCUT2D eigenvalue weighted by Gasteiger charge is 2.15. The van der Waals surface area contributed by atoms with Gasteiger partial charge < -0.3 is 10.1 Å². The van der Waals surface area contributed by atoms with E-state index in [1.54, 1.807) is 26.0 Å². The maximum Gasteiger partial charge on any atom is 0.357 e. The molecule has 0 fully saturated rings. The summed E-state index contributed by atoms with van der Waals surface area (Å²) < 4.78 is 18.1. The largest absolute Gasteiger partial charge is 0.464 e. The summed E-state index contributed by atoms with van der Waals surface area (Å²) in [6.45, 7) is 3.48. The first-order valence-electron chi connectivity index (χ1n) is 5.60. The Balaban J connectivity index is 2.24. The number of halogens is 1. The van der Waals surface area contributed by atoms with Crippen molar-refractivity contribution in [1.82, 2.24) is 4.98 Å². The minimum Gasteiger partial charge on any atom is -0.464 e. The fourth-order valence-electron chi connectivity index (χ4n) is 1.53. The van der Waals surface area contributed by atoms with Crippen molar-refractivity contribution >= 4 is 28.1 Å². The van der Waals surface area contributed by atoms with Crippen LogP contribution >= 0.6 is 11.3 Å². The Bertz CT molecular complexity index is 625. The highest BCUT2D eigenvalue weighted by molar-refractivity contribution is 7.15. The van der Waals surface area contributed by atoms with E-state index in [1.807, 2.05) is 0 Å². The molecule has 0 amide bonds. The first kappa shape index (κ1) is 13.5. The lowest BCUT2D eigenvalue weighted by atomic mass is 10.2. The number of carbonyl (C=O) groups excluding carboxylic acids is 1. The zero-order chi connectivity index (χ0) is 14.0. The van der Waals surface area contributed by atoms with Crippen molar-refractivity contribution in [2.75, 3.05) is 12.4 Å². The van der Waals surface area contributed by atoms with E-state index in [0.29, 0.717) is 16.4 Å². The molecular weight excluding hydrogens is 267 g/mol. The highest BCUT2D eigenvalue weighted by atomic mass is 32.1. The molecule has 1 aromatic heterocycles. The molecule has 0 saturated carbocycles. The molecule has 0 aliphatic heterocycles. The van der Waals surface area contributed by atoms with Crippen molar-refractivity contribution in [2.45, 2.75) is 13.8 Å². The second-order valence-corrected chi connectivity index (χ2v) is 5.21. The molecule has 1 N–H and O–H groups in total. The Morgan fingerprint density at radius 1 is 1.42 bits per heavy atom. The third kappa shape index (κ3) is 2.90. The van der Waals surface area contributed by atoms with Crippen LogP contribution in [-0.2, 0) is 4.74 Å². The van der Waals surface area contributed by atoms with Crippen LogP contribution in [0.1, 0.15) is 20.9 Å². The van der Waals surface area contributed by atoms with E-state index in [4.69, 9.17) is 0 Å². The Morgan fingerprint density at radius 3 is 2.79 bits per heavy atom. The van der Waals surface area contributed by atoms with Gasteiger partial charge in [0.1, 0.15) is 5.82 Å². The van der Waals surface area contributed by atoms with Crippen molar-refractivity contribution in [1.29, 1.82) is 0 Å². The molecule has 0 aliphatic carbocycles. The smallest absolute Gasteiger partial charge is 0.357 e. The number of methoxy groups -OCH3 is 1. The van der Waals surface area contributed by atoms with Crippen LogP contribution < -0.4 is 5.32 Å². The topological polar surface area (TPSA) is 51.2 Å². The molecule has 0 spiro atoms. The van der Waals surface area contributed by atoms with Crippen molar-refractivity contribution in [3.8, 4) is 0 Å². The number of thiazole rings is 1. The maximum atomic E-state index is 13.4. The molecule has 0 unspecified atom stereocenters. The minimum absolute atomic E-state index is 0.280. The molecule has 0 radical (unpaired) electrons. The Hall–Kier alpha value is -1.95. The minimum atomic E-state index is -0.475. The van der Waals surface area contributed by atoms with Gasteiger partial charge in [-0.05, 0) is 31.5 Å². The molecule has 4 nitrogen and oxygen atoms in total. The van der Waals surface area contributed by atoms with E-state index in [1.165, 1.54) is 24.5 Å². The predicted molar refractivity (Wildman–Crippen MR) is 72.6 cm³/mol. The molecule has 1 heterocycles. The predicted octanol–water partition coefficient (Wildman–Crippen LogP) is 3.43. The van der Waals surface area contributed by atoms with Gasteiger partial charge in [-0.25, -0.2) is 14.2 Å². The first-order chi connectivity index (χ1) is 9.01. The molecule has 2 rings (SSSR count). The molecule has 0 saturated heterocycles. The molecule has 6 heteroatoms. The number of ether oxygens (including phenoxy) is 1. The summed E-state index contributed by atoms with van der Waals surface area (Å²) in [6, 6.07) is 4.83. The lowest BCUT2D eigenvalue weighted by Gasteiger charge is -2.03. The van der Waals surface area contributed by atoms with Crippen LogP contribution in [0.15, 0.2) is 18.2 Å². The van der Waals surface area contributed by atoms with E-state index >= 15 is 0 Å². The summed E-state index contributed by atoms with van der Waals surface area (Å²) in [4.78, 5) is 16.3. The standard InChI is InChI=1S/C13H13FN2O2S/c1-7-4-5-9(6-10(7)14)15-13-16-11(8(2)19-13)12(17)18-3/h4-6H,1-3H3,(H,15,16). The number of carbonyl (C=O) groups is 1. The molecule has 1 aromatic carbocycles. The van der Waals surface area contributed by atoms with Crippen LogP contribution in [0.3, 0.4) is 0 Å². The van der Waals surface area contributed by atoms with Crippen LogP contribution in [0.4, 0.5) is 15.2 Å². The van der Waals surface area contributed by atoms with Crippen LogP contribution in [0, 0.1) is 19.7 Å². The fraction of sp³-hybridized carbons (Fsp3) is 0.231. The Morgan fingerprint density at radius 2 is 2.16 bits per heavy atom. The fourth-order valence-corrected chi connectivity index (χ4v) is 2.35. The van der Waals surface area contributed by atoms with Gasteiger partial charge in [-0.15, -0.1) is 11.3 Å². The van der Waals surface area contributed by atoms with Gasteiger partial charge in [-0.3, -0.25) is 0 Å². The average Bonchev–Trinajstić information content (AvgIpc) is 2.74. The molecule has 0 bridgehead atoms. The van der Waals surface area contributed by atoms with Crippen molar-refractivity contribution < 1.29 is 13.9 Å². The SMILES string of the molecule is COC(=O)c1nc(Nc2ccc(C)c(F)c2)sc1C. The number of benzene rings is 1. The number of esters is 1. The van der Waals surface area contributed by atoms with Crippen molar-refractivity contribution in [3.63, 3.8) is 0 Å². The van der Waals surface area contributed by atoms with Gasteiger partial charge in [0.15, 0.2) is 10.8 Å². The molecule has 19 heavy (non-hydrogen) atoms. The average molecular weight is 280 g/mol. The number of nitrogens with one attached hydrogen (secondary N) is 1. The second kappa shape index (κ2) is 5.36. The van der Waals surface area contributed by atoms with E-state index in [0.717, 1.165) is 4.88 Å². The van der Waals surface area contributed by atoms with E-state index in [9.17, 15) is 9.18 Å².